The molecular formula is C18H25NO. The van der Waals surface area contributed by atoms with Crippen molar-refractivity contribution < 1.29 is 4.42 Å². The number of furan rings is 1. The summed E-state index contributed by atoms with van der Waals surface area (Å²) in [6, 6.07) is 15.2. The third-order valence-electron chi connectivity index (χ3n) is 3.63. The van der Waals surface area contributed by atoms with E-state index in [1.165, 1.54) is 12.0 Å². The summed E-state index contributed by atoms with van der Waals surface area (Å²) in [6.07, 6.45) is 4.37. The van der Waals surface area contributed by atoms with Crippen LogP contribution in [-0.4, -0.2) is 6.54 Å². The predicted octanol–water partition coefficient (Wildman–Crippen LogP) is 4.52. The zero-order chi connectivity index (χ0) is 14.2. The first kappa shape index (κ1) is 14.9. The molecule has 0 radical (unpaired) electrons. The van der Waals surface area contributed by atoms with Gasteiger partial charge in [-0.15, -0.1) is 0 Å². The molecule has 0 saturated carbocycles. The molecule has 20 heavy (non-hydrogen) atoms. The van der Waals surface area contributed by atoms with Crippen molar-refractivity contribution in [2.24, 2.45) is 0 Å². The maximum Gasteiger partial charge on any atom is 0.121 e. The van der Waals surface area contributed by atoms with Gasteiger partial charge in [0.1, 0.15) is 11.5 Å². The Morgan fingerprint density at radius 2 is 1.85 bits per heavy atom. The second-order valence-corrected chi connectivity index (χ2v) is 5.15. The molecule has 2 heteroatoms. The van der Waals surface area contributed by atoms with Crippen LogP contribution in [0.1, 0.15) is 49.8 Å². The number of nitrogens with one attached hydrogen (secondary N) is 1. The van der Waals surface area contributed by atoms with Gasteiger partial charge in [0.25, 0.3) is 0 Å². The lowest BCUT2D eigenvalue weighted by Crippen LogP contribution is -2.20. The number of rotatable bonds is 8. The van der Waals surface area contributed by atoms with Crippen LogP contribution in [0.15, 0.2) is 46.9 Å². The molecule has 0 fully saturated rings. The van der Waals surface area contributed by atoms with Gasteiger partial charge < -0.3 is 9.73 Å². The van der Waals surface area contributed by atoms with Crippen LogP contribution >= 0.6 is 0 Å². The van der Waals surface area contributed by atoms with Gasteiger partial charge in [-0.25, -0.2) is 0 Å². The van der Waals surface area contributed by atoms with Crippen molar-refractivity contribution in [2.45, 2.75) is 45.6 Å². The lowest BCUT2D eigenvalue weighted by Gasteiger charge is -2.15. The third kappa shape index (κ3) is 4.24. The summed E-state index contributed by atoms with van der Waals surface area (Å²) < 4.78 is 5.89. The average Bonchev–Trinajstić information content (AvgIpc) is 2.96. The zero-order valence-electron chi connectivity index (χ0n) is 12.6. The van der Waals surface area contributed by atoms with Crippen LogP contribution in [0.5, 0.6) is 0 Å². The Labute approximate surface area is 122 Å². The fourth-order valence-electron chi connectivity index (χ4n) is 2.52. The quantitative estimate of drug-likeness (QED) is 0.764. The van der Waals surface area contributed by atoms with Gasteiger partial charge in [0, 0.05) is 6.42 Å². The summed E-state index contributed by atoms with van der Waals surface area (Å²) in [5.41, 5.74) is 1.41. The highest BCUT2D eigenvalue weighted by molar-refractivity contribution is 5.15. The average molecular weight is 271 g/mol. The summed E-state index contributed by atoms with van der Waals surface area (Å²) in [5, 5.41) is 3.53. The number of benzene rings is 1. The van der Waals surface area contributed by atoms with Crippen molar-refractivity contribution in [3.8, 4) is 0 Å². The molecule has 0 amide bonds. The van der Waals surface area contributed by atoms with E-state index in [9.17, 15) is 0 Å². The van der Waals surface area contributed by atoms with E-state index in [0.29, 0.717) is 6.04 Å². The van der Waals surface area contributed by atoms with Crippen LogP contribution in [0, 0.1) is 0 Å². The van der Waals surface area contributed by atoms with E-state index in [1.807, 2.05) is 0 Å². The van der Waals surface area contributed by atoms with Gasteiger partial charge in [0.2, 0.25) is 0 Å². The maximum absolute atomic E-state index is 5.89. The second kappa shape index (κ2) is 7.91. The van der Waals surface area contributed by atoms with Crippen molar-refractivity contribution in [1.29, 1.82) is 0 Å². The summed E-state index contributed by atoms with van der Waals surface area (Å²) in [4.78, 5) is 0. The molecule has 1 aromatic heterocycles. The molecule has 1 atom stereocenters. The minimum atomic E-state index is 0.337. The molecule has 1 aromatic carbocycles. The van der Waals surface area contributed by atoms with Crippen LogP contribution in [0.2, 0.25) is 0 Å². The molecule has 2 rings (SSSR count). The number of aryl methyl sites for hydroxylation is 2. The molecule has 0 aliphatic rings. The van der Waals surface area contributed by atoms with Crippen molar-refractivity contribution in [2.75, 3.05) is 6.54 Å². The first-order chi connectivity index (χ1) is 9.83. The summed E-state index contributed by atoms with van der Waals surface area (Å²) in [5.74, 6) is 2.16. The lowest BCUT2D eigenvalue weighted by molar-refractivity contribution is 0.379. The Kier molecular flexibility index (Phi) is 5.87. The van der Waals surface area contributed by atoms with Crippen LogP contribution in [0.3, 0.4) is 0 Å². The number of hydrogen-bond acceptors (Lipinski definition) is 2. The van der Waals surface area contributed by atoms with Crippen LogP contribution in [0.4, 0.5) is 0 Å². The summed E-state index contributed by atoms with van der Waals surface area (Å²) >= 11 is 0. The van der Waals surface area contributed by atoms with E-state index in [2.05, 4.69) is 61.6 Å². The molecule has 0 aliphatic carbocycles. The molecule has 0 spiro atoms. The SMILES string of the molecule is CCNC(CCCc1ccccc1)c1ccc(CC)o1. The monoisotopic (exact) mass is 271 g/mol. The Bertz CT molecular complexity index is 489. The van der Waals surface area contributed by atoms with Gasteiger partial charge in [-0.2, -0.15) is 0 Å². The van der Waals surface area contributed by atoms with Crippen LogP contribution in [0.25, 0.3) is 0 Å². The van der Waals surface area contributed by atoms with E-state index < -0.39 is 0 Å². The van der Waals surface area contributed by atoms with Gasteiger partial charge in [0.15, 0.2) is 0 Å². The van der Waals surface area contributed by atoms with Gasteiger partial charge >= 0.3 is 0 Å². The van der Waals surface area contributed by atoms with Crippen LogP contribution < -0.4 is 5.32 Å². The van der Waals surface area contributed by atoms with E-state index in [0.717, 1.165) is 37.3 Å². The predicted molar refractivity (Wildman–Crippen MR) is 83.9 cm³/mol. The maximum atomic E-state index is 5.89. The Balaban J connectivity index is 1.89. The first-order valence-corrected chi connectivity index (χ1v) is 7.69. The van der Waals surface area contributed by atoms with Crippen molar-refractivity contribution in [3.63, 3.8) is 0 Å². The molecule has 2 nitrogen and oxygen atoms in total. The minimum Gasteiger partial charge on any atom is -0.464 e. The zero-order valence-corrected chi connectivity index (χ0v) is 12.6. The smallest absolute Gasteiger partial charge is 0.121 e. The summed E-state index contributed by atoms with van der Waals surface area (Å²) in [6.45, 7) is 5.24. The standard InChI is InChI=1S/C18H25NO/c1-3-16-13-14-18(20-16)17(19-4-2)12-8-11-15-9-6-5-7-10-15/h5-7,9-10,13-14,17,19H,3-4,8,11-12H2,1-2H3. The molecule has 2 aromatic rings. The highest BCUT2D eigenvalue weighted by atomic mass is 16.3. The van der Waals surface area contributed by atoms with Gasteiger partial charge in [0.05, 0.1) is 6.04 Å². The van der Waals surface area contributed by atoms with Gasteiger partial charge in [-0.05, 0) is 43.5 Å². The van der Waals surface area contributed by atoms with E-state index >= 15 is 0 Å². The molecule has 1 unspecified atom stereocenters. The molecular weight excluding hydrogens is 246 g/mol. The van der Waals surface area contributed by atoms with E-state index in [4.69, 9.17) is 4.42 Å². The Morgan fingerprint density at radius 3 is 2.50 bits per heavy atom. The molecule has 0 saturated heterocycles. The van der Waals surface area contributed by atoms with Crippen molar-refractivity contribution >= 4 is 0 Å². The Morgan fingerprint density at radius 1 is 1.05 bits per heavy atom. The fraction of sp³-hybridized carbons (Fsp3) is 0.444. The van der Waals surface area contributed by atoms with Crippen molar-refractivity contribution in [3.05, 3.63) is 59.5 Å². The highest BCUT2D eigenvalue weighted by Crippen LogP contribution is 2.22. The largest absolute Gasteiger partial charge is 0.464 e. The van der Waals surface area contributed by atoms with Crippen LogP contribution in [-0.2, 0) is 12.8 Å². The highest BCUT2D eigenvalue weighted by Gasteiger charge is 2.14. The molecule has 0 aliphatic heterocycles. The topological polar surface area (TPSA) is 25.2 Å². The first-order valence-electron chi connectivity index (χ1n) is 7.69. The summed E-state index contributed by atoms with van der Waals surface area (Å²) in [7, 11) is 0. The van der Waals surface area contributed by atoms with Gasteiger partial charge in [-0.3, -0.25) is 0 Å². The normalized spacial score (nSPS) is 12.5. The third-order valence-corrected chi connectivity index (χ3v) is 3.63. The molecule has 1 N–H and O–H groups in total. The second-order valence-electron chi connectivity index (χ2n) is 5.15. The molecule has 0 bridgehead atoms. The van der Waals surface area contributed by atoms with Gasteiger partial charge in [-0.1, -0.05) is 44.2 Å². The minimum absolute atomic E-state index is 0.337. The Hall–Kier alpha value is -1.54. The lowest BCUT2D eigenvalue weighted by atomic mass is 10.0. The van der Waals surface area contributed by atoms with E-state index in [-0.39, 0.29) is 0 Å². The molecule has 108 valence electrons. The number of hydrogen-bond donors (Lipinski definition) is 1. The van der Waals surface area contributed by atoms with Crippen molar-refractivity contribution in [1.82, 2.24) is 5.32 Å². The molecule has 1 heterocycles. The fourth-order valence-corrected chi connectivity index (χ4v) is 2.52. The van der Waals surface area contributed by atoms with E-state index in [1.54, 1.807) is 0 Å².